The maximum Gasteiger partial charge on any atom is 0.262 e. The smallest absolute Gasteiger partial charge is 0.262 e. The molecule has 1 heterocycles. The molecule has 0 spiro atoms. The summed E-state index contributed by atoms with van der Waals surface area (Å²) in [5.41, 5.74) is 4.51. The first-order valence-corrected chi connectivity index (χ1v) is 6.96. The van der Waals surface area contributed by atoms with E-state index in [2.05, 4.69) is 10.3 Å². The van der Waals surface area contributed by atoms with Gasteiger partial charge in [-0.05, 0) is 18.2 Å². The third-order valence-corrected chi connectivity index (χ3v) is 3.80. The minimum absolute atomic E-state index is 0.0701. The van der Waals surface area contributed by atoms with E-state index in [1.807, 2.05) is 0 Å². The summed E-state index contributed by atoms with van der Waals surface area (Å²) in [5.74, 6) is -1.14. The number of nitrogens with one attached hydrogen (secondary N) is 1. The van der Waals surface area contributed by atoms with Crippen molar-refractivity contribution < 1.29 is 20.0 Å². The van der Waals surface area contributed by atoms with Crippen LogP contribution in [0.15, 0.2) is 23.2 Å². The van der Waals surface area contributed by atoms with Gasteiger partial charge in [-0.2, -0.15) is 4.99 Å². The van der Waals surface area contributed by atoms with Crippen LogP contribution in [0.2, 0.25) is 0 Å². The minimum atomic E-state index is -0.754. The molecule has 0 saturated heterocycles. The number of thioether (sulfide) groups is 1. The second kappa shape index (κ2) is 6.80. The first kappa shape index (κ1) is 17.0. The van der Waals surface area contributed by atoms with Gasteiger partial charge in [0.15, 0.2) is 5.17 Å². The van der Waals surface area contributed by atoms with Crippen LogP contribution < -0.4 is 21.5 Å². The number of nitrogens with two attached hydrogens (primary N) is 1. The zero-order valence-electron chi connectivity index (χ0n) is 11.4. The average Bonchev–Trinajstić information content (AvgIpc) is 2.76. The van der Waals surface area contributed by atoms with E-state index in [4.69, 9.17) is 16.1 Å². The number of nitrogens with zero attached hydrogens (tertiary/aromatic N) is 3. The molecule has 1 atom stereocenters. The predicted octanol–water partition coefficient (Wildman–Crippen LogP) is 0.359. The van der Waals surface area contributed by atoms with Crippen molar-refractivity contribution in [1.29, 1.82) is 0 Å². The lowest BCUT2D eigenvalue weighted by Gasteiger charge is -2.38. The van der Waals surface area contributed by atoms with E-state index in [1.165, 1.54) is 0 Å². The zero-order chi connectivity index (χ0) is 17.1. The second-order valence-electron chi connectivity index (χ2n) is 4.40. The summed E-state index contributed by atoms with van der Waals surface area (Å²) in [4.78, 5) is 26.8. The van der Waals surface area contributed by atoms with E-state index >= 15 is 0 Å². The molecule has 1 aliphatic heterocycles. The third kappa shape index (κ3) is 4.08. The van der Waals surface area contributed by atoms with Crippen molar-refractivity contribution in [3.8, 4) is 0 Å². The summed E-state index contributed by atoms with van der Waals surface area (Å²) in [6, 6.07) is 3.09. The number of carbonyl (C=O) groups excluding carboxylic acids is 2. The highest BCUT2D eigenvalue weighted by molar-refractivity contribution is 8.15. The van der Waals surface area contributed by atoms with Gasteiger partial charge in [-0.1, -0.05) is 11.8 Å². The SMILES string of the molecule is NC1=NC(=O)C(CC(=O)Nc2ccc(N([O-])[O-])cc2N(O)O)S1. The molecule has 1 unspecified atom stereocenters. The molecule has 2 rings (SSSR count). The Morgan fingerprint density at radius 1 is 1.43 bits per heavy atom. The average molecular weight is 341 g/mol. The van der Waals surface area contributed by atoms with Crippen LogP contribution in [-0.4, -0.2) is 32.6 Å². The molecule has 0 bridgehead atoms. The molecule has 0 radical (unpaired) electrons. The molecule has 11 nitrogen and oxygen atoms in total. The number of carbonyl (C=O) groups is 2. The topological polar surface area (TPSA) is 178 Å². The van der Waals surface area contributed by atoms with Crippen molar-refractivity contribution in [2.45, 2.75) is 11.7 Å². The summed E-state index contributed by atoms with van der Waals surface area (Å²) in [7, 11) is 0. The number of anilines is 3. The van der Waals surface area contributed by atoms with Crippen molar-refractivity contribution >= 4 is 45.8 Å². The van der Waals surface area contributed by atoms with Gasteiger partial charge in [-0.3, -0.25) is 20.0 Å². The Kier molecular flexibility index (Phi) is 5.02. The van der Waals surface area contributed by atoms with Crippen LogP contribution in [0.4, 0.5) is 17.1 Å². The standard InChI is InChI=1S/C11H11N5O6S/c12-11-14-10(18)8(23-11)4-9(17)13-6-2-1-5(15(19)20)3-7(6)16(21)22/h1-3,8,21-22H,4H2,(H,13,17)(H2,12,14,18)/q-2. The van der Waals surface area contributed by atoms with Gasteiger partial charge in [0.05, 0.1) is 5.69 Å². The van der Waals surface area contributed by atoms with Gasteiger partial charge in [0, 0.05) is 12.1 Å². The molecular weight excluding hydrogens is 330 g/mol. The van der Waals surface area contributed by atoms with Gasteiger partial charge in [0.25, 0.3) is 5.91 Å². The summed E-state index contributed by atoms with van der Waals surface area (Å²) in [5, 5.41) is 40.1. The number of amidine groups is 1. The summed E-state index contributed by atoms with van der Waals surface area (Å²) >= 11 is 0.948. The Balaban J connectivity index is 2.10. The lowest BCUT2D eigenvalue weighted by Crippen LogP contribution is -2.23. The van der Waals surface area contributed by atoms with Gasteiger partial charge in [0.1, 0.15) is 10.9 Å². The van der Waals surface area contributed by atoms with Crippen LogP contribution in [0, 0.1) is 10.4 Å². The summed E-state index contributed by atoms with van der Waals surface area (Å²) < 4.78 is 0. The first-order valence-electron chi connectivity index (χ1n) is 6.08. The van der Waals surface area contributed by atoms with Crippen LogP contribution in [0.5, 0.6) is 0 Å². The summed E-state index contributed by atoms with van der Waals surface area (Å²) in [6.45, 7) is 0. The van der Waals surface area contributed by atoms with E-state index in [-0.39, 0.29) is 22.5 Å². The van der Waals surface area contributed by atoms with Crippen LogP contribution in [0.1, 0.15) is 6.42 Å². The van der Waals surface area contributed by atoms with Crippen LogP contribution in [0.25, 0.3) is 0 Å². The molecule has 0 saturated carbocycles. The van der Waals surface area contributed by atoms with Crippen LogP contribution >= 0.6 is 11.8 Å². The van der Waals surface area contributed by atoms with Crippen molar-refractivity contribution in [2.75, 3.05) is 15.8 Å². The quantitative estimate of drug-likeness (QED) is 0.546. The van der Waals surface area contributed by atoms with Crippen molar-refractivity contribution in [1.82, 2.24) is 0 Å². The van der Waals surface area contributed by atoms with Crippen molar-refractivity contribution in [3.05, 3.63) is 28.6 Å². The highest BCUT2D eigenvalue weighted by atomic mass is 32.2. The molecular formula is C11H11N5O6S-2. The van der Waals surface area contributed by atoms with Gasteiger partial charge in [0.2, 0.25) is 5.91 Å². The number of hydrogen-bond acceptors (Lipinski definition) is 10. The molecule has 124 valence electrons. The van der Waals surface area contributed by atoms with Gasteiger partial charge in [-0.25, -0.2) is 0 Å². The molecule has 1 aromatic rings. The monoisotopic (exact) mass is 341 g/mol. The fourth-order valence-electron chi connectivity index (χ4n) is 1.81. The normalized spacial score (nSPS) is 17.0. The largest absolute Gasteiger partial charge is 0.769 e. The van der Waals surface area contributed by atoms with Gasteiger partial charge < -0.3 is 26.7 Å². The van der Waals surface area contributed by atoms with E-state index < -0.39 is 33.7 Å². The molecule has 23 heavy (non-hydrogen) atoms. The van der Waals surface area contributed by atoms with Crippen molar-refractivity contribution in [3.63, 3.8) is 0 Å². The Labute approximate surface area is 133 Å². The molecule has 1 aromatic carbocycles. The maximum absolute atomic E-state index is 11.9. The Morgan fingerprint density at radius 3 is 2.65 bits per heavy atom. The lowest BCUT2D eigenvalue weighted by molar-refractivity contribution is -0.121. The molecule has 1 aliphatic rings. The van der Waals surface area contributed by atoms with E-state index in [0.29, 0.717) is 0 Å². The lowest BCUT2D eigenvalue weighted by atomic mass is 10.2. The van der Waals surface area contributed by atoms with E-state index in [1.54, 1.807) is 0 Å². The predicted molar refractivity (Wildman–Crippen MR) is 83.0 cm³/mol. The Bertz CT molecular complexity index is 664. The Morgan fingerprint density at radius 2 is 2.13 bits per heavy atom. The second-order valence-corrected chi connectivity index (χ2v) is 5.62. The number of benzene rings is 1. The fraction of sp³-hybridized carbons (Fsp3) is 0.182. The third-order valence-electron chi connectivity index (χ3n) is 2.81. The molecule has 0 fully saturated rings. The van der Waals surface area contributed by atoms with E-state index in [0.717, 1.165) is 30.0 Å². The van der Waals surface area contributed by atoms with Crippen molar-refractivity contribution in [2.24, 2.45) is 10.7 Å². The molecule has 12 heteroatoms. The molecule has 0 aliphatic carbocycles. The highest BCUT2D eigenvalue weighted by Crippen LogP contribution is 2.30. The number of rotatable bonds is 5. The Hall–Kier alpha value is -2.38. The molecule has 0 aromatic heterocycles. The van der Waals surface area contributed by atoms with Crippen LogP contribution in [-0.2, 0) is 9.59 Å². The summed E-state index contributed by atoms with van der Waals surface area (Å²) in [6.07, 6.45) is -0.235. The molecule has 2 amide bonds. The van der Waals surface area contributed by atoms with Gasteiger partial charge >= 0.3 is 0 Å². The minimum Gasteiger partial charge on any atom is -0.769 e. The number of hydrogen-bond donors (Lipinski definition) is 4. The number of aliphatic imine (C=N–C) groups is 1. The highest BCUT2D eigenvalue weighted by Gasteiger charge is 2.29. The first-order chi connectivity index (χ1) is 10.8. The van der Waals surface area contributed by atoms with E-state index in [9.17, 15) is 20.0 Å². The zero-order valence-corrected chi connectivity index (χ0v) is 12.2. The fourth-order valence-corrected chi connectivity index (χ4v) is 2.63. The maximum atomic E-state index is 11.9. The number of amides is 2. The van der Waals surface area contributed by atoms with Gasteiger partial charge in [-0.15, -0.1) is 5.23 Å². The van der Waals surface area contributed by atoms with Crippen LogP contribution in [0.3, 0.4) is 0 Å². The molecule has 5 N–H and O–H groups in total.